The number of nitrogen functional groups attached to an aromatic ring is 1. The van der Waals surface area contributed by atoms with Gasteiger partial charge in [-0.05, 0) is 36.4 Å². The first-order chi connectivity index (χ1) is 9.83. The highest BCUT2D eigenvalue weighted by molar-refractivity contribution is 7.21. The summed E-state index contributed by atoms with van der Waals surface area (Å²) in [5.41, 5.74) is 5.51. The Balaban J connectivity index is 2.16. The SMILES string of the molecule is Nc1cc(-c2nc3ccc(F)cc3s2)cc(C(F)(F)F)c1. The maximum atomic E-state index is 13.1. The molecule has 21 heavy (non-hydrogen) atoms. The molecular weight excluding hydrogens is 304 g/mol. The minimum Gasteiger partial charge on any atom is -0.399 e. The first-order valence-corrected chi connectivity index (χ1v) is 6.69. The highest BCUT2D eigenvalue weighted by Crippen LogP contribution is 2.36. The molecule has 0 amide bonds. The summed E-state index contributed by atoms with van der Waals surface area (Å²) >= 11 is 1.12. The van der Waals surface area contributed by atoms with Crippen molar-refractivity contribution in [2.45, 2.75) is 6.18 Å². The molecule has 0 radical (unpaired) electrons. The number of nitrogens with zero attached hydrogens (tertiary/aromatic N) is 1. The van der Waals surface area contributed by atoms with Crippen LogP contribution < -0.4 is 5.73 Å². The number of rotatable bonds is 1. The normalized spacial score (nSPS) is 12.0. The van der Waals surface area contributed by atoms with Gasteiger partial charge >= 0.3 is 6.18 Å². The van der Waals surface area contributed by atoms with Gasteiger partial charge < -0.3 is 5.73 Å². The number of alkyl halides is 3. The van der Waals surface area contributed by atoms with Crippen LogP contribution in [0.4, 0.5) is 23.2 Å². The third kappa shape index (κ3) is 2.69. The molecule has 0 unspecified atom stereocenters. The molecule has 0 saturated heterocycles. The number of thiazole rings is 1. The Bertz CT molecular complexity index is 823. The van der Waals surface area contributed by atoms with Crippen molar-refractivity contribution in [1.82, 2.24) is 4.98 Å². The molecule has 0 aliphatic rings. The molecule has 2 N–H and O–H groups in total. The topological polar surface area (TPSA) is 38.9 Å². The molecule has 0 aliphatic heterocycles. The minimum absolute atomic E-state index is 0.00487. The van der Waals surface area contributed by atoms with E-state index in [4.69, 9.17) is 5.73 Å². The lowest BCUT2D eigenvalue weighted by Crippen LogP contribution is -2.05. The van der Waals surface area contributed by atoms with Gasteiger partial charge in [0.25, 0.3) is 0 Å². The number of hydrogen-bond acceptors (Lipinski definition) is 3. The zero-order valence-electron chi connectivity index (χ0n) is 10.4. The summed E-state index contributed by atoms with van der Waals surface area (Å²) in [6, 6.07) is 7.33. The van der Waals surface area contributed by atoms with Gasteiger partial charge in [0.05, 0.1) is 15.8 Å². The van der Waals surface area contributed by atoms with Crippen molar-refractivity contribution in [1.29, 1.82) is 0 Å². The predicted molar refractivity (Wildman–Crippen MR) is 74.4 cm³/mol. The Morgan fingerprint density at radius 2 is 1.81 bits per heavy atom. The summed E-state index contributed by atoms with van der Waals surface area (Å²) in [6.45, 7) is 0. The van der Waals surface area contributed by atoms with Gasteiger partial charge in [0, 0.05) is 11.3 Å². The molecular formula is C14H8F4N2S. The molecule has 3 aromatic rings. The number of benzene rings is 2. The smallest absolute Gasteiger partial charge is 0.399 e. The molecule has 1 aromatic heterocycles. The average molecular weight is 312 g/mol. The van der Waals surface area contributed by atoms with Crippen molar-refractivity contribution < 1.29 is 17.6 Å². The number of nitrogens with two attached hydrogens (primary N) is 1. The molecule has 0 saturated carbocycles. The van der Waals surface area contributed by atoms with Crippen molar-refractivity contribution in [3.63, 3.8) is 0 Å². The second kappa shape index (κ2) is 4.70. The van der Waals surface area contributed by atoms with Crippen molar-refractivity contribution in [2.75, 3.05) is 5.73 Å². The fourth-order valence-electron chi connectivity index (χ4n) is 1.96. The molecule has 0 spiro atoms. The third-order valence-electron chi connectivity index (χ3n) is 2.88. The van der Waals surface area contributed by atoms with Gasteiger partial charge in [0.2, 0.25) is 0 Å². The van der Waals surface area contributed by atoms with Gasteiger partial charge in [0.1, 0.15) is 10.8 Å². The van der Waals surface area contributed by atoms with Crippen LogP contribution in [0.1, 0.15) is 5.56 Å². The van der Waals surface area contributed by atoms with Crippen LogP contribution in [-0.4, -0.2) is 4.98 Å². The Morgan fingerprint density at radius 1 is 1.05 bits per heavy atom. The number of aromatic nitrogens is 1. The minimum atomic E-state index is -4.48. The second-order valence-electron chi connectivity index (χ2n) is 4.47. The Labute approximate surface area is 120 Å². The van der Waals surface area contributed by atoms with Crippen LogP contribution in [0.2, 0.25) is 0 Å². The van der Waals surface area contributed by atoms with Gasteiger partial charge in [0.15, 0.2) is 0 Å². The quantitative estimate of drug-likeness (QED) is 0.522. The zero-order valence-corrected chi connectivity index (χ0v) is 11.2. The van der Waals surface area contributed by atoms with Crippen LogP contribution in [0, 0.1) is 5.82 Å². The molecule has 1 heterocycles. The summed E-state index contributed by atoms with van der Waals surface area (Å²) < 4.78 is 52.1. The van der Waals surface area contributed by atoms with E-state index in [-0.39, 0.29) is 11.3 Å². The van der Waals surface area contributed by atoms with Crippen LogP contribution in [0.3, 0.4) is 0 Å². The fourth-order valence-corrected chi connectivity index (χ4v) is 2.94. The van der Waals surface area contributed by atoms with Gasteiger partial charge in [-0.2, -0.15) is 13.2 Å². The van der Waals surface area contributed by atoms with Crippen LogP contribution >= 0.6 is 11.3 Å². The van der Waals surface area contributed by atoms with Gasteiger partial charge in [-0.1, -0.05) is 0 Å². The summed E-state index contributed by atoms with van der Waals surface area (Å²) in [4.78, 5) is 4.22. The van der Waals surface area contributed by atoms with E-state index in [1.54, 1.807) is 0 Å². The second-order valence-corrected chi connectivity index (χ2v) is 5.50. The first kappa shape index (κ1) is 13.8. The molecule has 108 valence electrons. The van der Waals surface area contributed by atoms with Gasteiger partial charge in [-0.15, -0.1) is 11.3 Å². The Kier molecular flexibility index (Phi) is 3.09. The molecule has 0 atom stereocenters. The monoisotopic (exact) mass is 312 g/mol. The molecule has 0 fully saturated rings. The van der Waals surface area contributed by atoms with E-state index >= 15 is 0 Å². The lowest BCUT2D eigenvalue weighted by molar-refractivity contribution is -0.137. The largest absolute Gasteiger partial charge is 0.416 e. The van der Waals surface area contributed by atoms with Crippen molar-refractivity contribution in [2.24, 2.45) is 0 Å². The number of fused-ring (bicyclic) bond motifs is 1. The van der Waals surface area contributed by atoms with E-state index in [1.807, 2.05) is 0 Å². The van der Waals surface area contributed by atoms with Crippen molar-refractivity contribution in [3.8, 4) is 10.6 Å². The number of hydrogen-bond donors (Lipinski definition) is 1. The molecule has 3 rings (SSSR count). The predicted octanol–water partition coefficient (Wildman–Crippen LogP) is 4.70. The molecule has 0 bridgehead atoms. The van der Waals surface area contributed by atoms with Crippen LogP contribution in [0.25, 0.3) is 20.8 Å². The zero-order chi connectivity index (χ0) is 15.2. The fraction of sp³-hybridized carbons (Fsp3) is 0.0714. The lowest BCUT2D eigenvalue weighted by Gasteiger charge is -2.09. The highest BCUT2D eigenvalue weighted by Gasteiger charge is 2.31. The van der Waals surface area contributed by atoms with E-state index in [9.17, 15) is 17.6 Å². The van der Waals surface area contributed by atoms with Crippen LogP contribution in [0.15, 0.2) is 36.4 Å². The highest BCUT2D eigenvalue weighted by atomic mass is 32.1. The molecule has 2 aromatic carbocycles. The lowest BCUT2D eigenvalue weighted by atomic mass is 10.1. The number of halogens is 4. The maximum Gasteiger partial charge on any atom is 0.416 e. The maximum absolute atomic E-state index is 13.1. The van der Waals surface area contributed by atoms with E-state index in [1.165, 1.54) is 24.3 Å². The van der Waals surface area contributed by atoms with Crippen LogP contribution in [-0.2, 0) is 6.18 Å². The standard InChI is InChI=1S/C14H8F4N2S/c15-9-1-2-11-12(6-9)21-13(20-11)7-3-8(14(16,17)18)5-10(19)4-7/h1-6H,19H2. The number of anilines is 1. The molecule has 2 nitrogen and oxygen atoms in total. The summed E-state index contributed by atoms with van der Waals surface area (Å²) in [7, 11) is 0. The average Bonchev–Trinajstić information content (AvgIpc) is 2.80. The van der Waals surface area contributed by atoms with Crippen molar-refractivity contribution in [3.05, 3.63) is 47.8 Å². The molecule has 0 aliphatic carbocycles. The third-order valence-corrected chi connectivity index (χ3v) is 3.95. The van der Waals surface area contributed by atoms with Gasteiger partial charge in [-0.25, -0.2) is 9.37 Å². The van der Waals surface area contributed by atoms with E-state index in [0.717, 1.165) is 23.5 Å². The van der Waals surface area contributed by atoms with Crippen molar-refractivity contribution >= 4 is 27.2 Å². The van der Waals surface area contributed by atoms with E-state index in [0.29, 0.717) is 15.2 Å². The summed E-state index contributed by atoms with van der Waals surface area (Å²) in [5, 5.41) is 0.369. The van der Waals surface area contributed by atoms with Crippen LogP contribution in [0.5, 0.6) is 0 Å². The Morgan fingerprint density at radius 3 is 2.52 bits per heavy atom. The Hall–Kier alpha value is -2.15. The molecule has 7 heteroatoms. The summed E-state index contributed by atoms with van der Waals surface area (Å²) in [6.07, 6.45) is -4.48. The van der Waals surface area contributed by atoms with E-state index < -0.39 is 17.6 Å². The van der Waals surface area contributed by atoms with E-state index in [2.05, 4.69) is 4.98 Å². The van der Waals surface area contributed by atoms with Gasteiger partial charge in [-0.3, -0.25) is 0 Å². The first-order valence-electron chi connectivity index (χ1n) is 5.87. The summed E-state index contributed by atoms with van der Waals surface area (Å²) in [5.74, 6) is -0.416.